The summed E-state index contributed by atoms with van der Waals surface area (Å²) in [5.74, 6) is -2.97. The molecule has 0 aliphatic heterocycles. The molecule has 1 saturated carbocycles. The fourth-order valence-corrected chi connectivity index (χ4v) is 4.70. The summed E-state index contributed by atoms with van der Waals surface area (Å²) in [7, 11) is 0. The zero-order valence-corrected chi connectivity index (χ0v) is 16.4. The highest BCUT2D eigenvalue weighted by Crippen LogP contribution is 2.40. The summed E-state index contributed by atoms with van der Waals surface area (Å²) in [6.07, 6.45) is 2.22. The predicted molar refractivity (Wildman–Crippen MR) is 106 cm³/mol. The number of pyridine rings is 1. The minimum atomic E-state index is -1.09. The Labute approximate surface area is 169 Å². The van der Waals surface area contributed by atoms with Crippen LogP contribution in [0.3, 0.4) is 0 Å². The van der Waals surface area contributed by atoms with Gasteiger partial charge in [0.1, 0.15) is 22.0 Å². The van der Waals surface area contributed by atoms with Gasteiger partial charge in [-0.25, -0.2) is 23.1 Å². The first kappa shape index (κ1) is 18.4. The van der Waals surface area contributed by atoms with Gasteiger partial charge in [-0.05, 0) is 24.8 Å². The van der Waals surface area contributed by atoms with Crippen LogP contribution in [0.25, 0.3) is 32.5 Å². The third-order valence-corrected chi connectivity index (χ3v) is 6.41. The van der Waals surface area contributed by atoms with Crippen LogP contribution >= 0.6 is 23.1 Å². The largest absolute Gasteiger partial charge is 0.302 e. The van der Waals surface area contributed by atoms with E-state index in [0.29, 0.717) is 32.1 Å². The van der Waals surface area contributed by atoms with Crippen molar-refractivity contribution >= 4 is 55.4 Å². The number of nitrogens with one attached hydrogen (secondary N) is 2. The summed E-state index contributed by atoms with van der Waals surface area (Å²) >= 11 is 2.21. The van der Waals surface area contributed by atoms with Crippen LogP contribution in [0.5, 0.6) is 0 Å². The van der Waals surface area contributed by atoms with E-state index in [4.69, 9.17) is 0 Å². The number of rotatable bonds is 4. The number of amides is 1. The molecule has 29 heavy (non-hydrogen) atoms. The molecule has 3 aromatic heterocycles. The number of aromatic amines is 1. The maximum atomic E-state index is 14.6. The smallest absolute Gasteiger partial charge is 0.232 e. The average Bonchev–Trinajstić information content (AvgIpc) is 3.09. The number of thiazole rings is 1. The second-order valence-electron chi connectivity index (χ2n) is 6.58. The second kappa shape index (κ2) is 6.70. The van der Waals surface area contributed by atoms with Gasteiger partial charge in [0.25, 0.3) is 0 Å². The summed E-state index contributed by atoms with van der Waals surface area (Å²) in [5, 5.41) is 9.66. The third-order valence-electron chi connectivity index (χ3n) is 4.74. The number of carbonyl (C=O) groups excluding carboxylic acids is 1. The Balaban J connectivity index is 1.60. The van der Waals surface area contributed by atoms with Crippen LogP contribution in [-0.2, 0) is 4.79 Å². The van der Waals surface area contributed by atoms with Crippen LogP contribution in [0, 0.1) is 17.6 Å². The predicted octanol–water partition coefficient (Wildman–Crippen LogP) is 4.53. The molecule has 0 spiro atoms. The summed E-state index contributed by atoms with van der Waals surface area (Å²) in [6.45, 7) is 0. The highest BCUT2D eigenvalue weighted by molar-refractivity contribution is 7.98. The fourth-order valence-electron chi connectivity index (χ4n) is 3.17. The molecule has 5 rings (SSSR count). The number of benzene rings is 1. The molecule has 4 aromatic rings. The Morgan fingerprint density at radius 3 is 2.83 bits per heavy atom. The van der Waals surface area contributed by atoms with Crippen LogP contribution in [0.15, 0.2) is 23.2 Å². The van der Waals surface area contributed by atoms with Gasteiger partial charge >= 0.3 is 0 Å². The van der Waals surface area contributed by atoms with Crippen LogP contribution in [-0.4, -0.2) is 38.5 Å². The van der Waals surface area contributed by atoms with Gasteiger partial charge in [-0.15, -0.1) is 11.8 Å². The minimum Gasteiger partial charge on any atom is -0.302 e. The number of halogens is 3. The van der Waals surface area contributed by atoms with E-state index in [1.165, 1.54) is 6.20 Å². The molecule has 1 aliphatic rings. The molecule has 2 N–H and O–H groups in total. The topological polar surface area (TPSA) is 83.6 Å². The summed E-state index contributed by atoms with van der Waals surface area (Å²) in [5.41, 5.74) is 1.37. The van der Waals surface area contributed by atoms with Gasteiger partial charge in [0.05, 0.1) is 22.7 Å². The average molecular weight is 435 g/mol. The maximum absolute atomic E-state index is 14.6. The molecular formula is C18H12F3N5OS2. The van der Waals surface area contributed by atoms with Gasteiger partial charge in [0.2, 0.25) is 5.91 Å². The molecule has 11 heteroatoms. The van der Waals surface area contributed by atoms with Gasteiger partial charge in [0.15, 0.2) is 16.8 Å². The van der Waals surface area contributed by atoms with Crippen LogP contribution in [0.4, 0.5) is 18.3 Å². The van der Waals surface area contributed by atoms with E-state index in [0.717, 1.165) is 23.1 Å². The minimum absolute atomic E-state index is 0.0281. The number of thioether (sulfide) groups is 1. The lowest BCUT2D eigenvalue weighted by atomic mass is 10.1. The van der Waals surface area contributed by atoms with Crippen LogP contribution in [0.1, 0.15) is 6.42 Å². The number of H-pyrrole nitrogens is 1. The Hall–Kier alpha value is -2.66. The lowest BCUT2D eigenvalue weighted by Crippen LogP contribution is -2.14. The van der Waals surface area contributed by atoms with E-state index in [1.807, 2.05) is 0 Å². The van der Waals surface area contributed by atoms with Crippen molar-refractivity contribution in [1.82, 2.24) is 20.2 Å². The number of fused-ring (bicyclic) bond motifs is 2. The molecule has 0 radical (unpaired) electrons. The number of alkyl halides is 1. The molecule has 1 fully saturated rings. The normalized spacial score (nSPS) is 18.5. The molecule has 2 atom stereocenters. The monoisotopic (exact) mass is 435 g/mol. The molecule has 0 unspecified atom stereocenters. The number of nitrogens with zero attached hydrogens (tertiary/aromatic N) is 3. The van der Waals surface area contributed by atoms with Gasteiger partial charge in [-0.2, -0.15) is 5.10 Å². The van der Waals surface area contributed by atoms with Gasteiger partial charge in [0, 0.05) is 10.9 Å². The first-order valence-corrected chi connectivity index (χ1v) is 10.6. The fraction of sp³-hybridized carbons (Fsp3) is 0.222. The molecule has 6 nitrogen and oxygen atoms in total. The van der Waals surface area contributed by atoms with Crippen molar-refractivity contribution < 1.29 is 18.0 Å². The first-order chi connectivity index (χ1) is 14.0. The third kappa shape index (κ3) is 2.96. The highest BCUT2D eigenvalue weighted by Gasteiger charge is 2.43. The molecule has 148 valence electrons. The van der Waals surface area contributed by atoms with E-state index >= 15 is 0 Å². The number of anilines is 1. The van der Waals surface area contributed by atoms with Crippen molar-refractivity contribution in [3.63, 3.8) is 0 Å². The standard InChI is InChI=1S/C18H12F3N5OS2/c1-28-15-11(7-5-22-26-14(7)12(20)13(15)21)9-2-3-10-17(23-9)29-18(24-10)25-16(27)6-4-8(6)19/h2-3,5-6,8H,4H2,1H3,(H,22,26)(H,24,25,27)/t6-,8+/m1/s1. The molecule has 0 saturated heterocycles. The first-order valence-electron chi connectivity index (χ1n) is 8.59. The van der Waals surface area contributed by atoms with E-state index in [9.17, 15) is 18.0 Å². The Morgan fingerprint density at radius 2 is 2.10 bits per heavy atom. The molecule has 1 amide bonds. The van der Waals surface area contributed by atoms with Gasteiger partial charge in [-0.1, -0.05) is 11.3 Å². The molecule has 1 aromatic carbocycles. The molecule has 0 bridgehead atoms. The van der Waals surface area contributed by atoms with Crippen molar-refractivity contribution in [3.05, 3.63) is 30.0 Å². The van der Waals surface area contributed by atoms with Crippen molar-refractivity contribution in [2.75, 3.05) is 11.6 Å². The summed E-state index contributed by atoms with van der Waals surface area (Å²) < 4.78 is 41.9. The maximum Gasteiger partial charge on any atom is 0.232 e. The molecule has 1 aliphatic carbocycles. The van der Waals surface area contributed by atoms with Crippen LogP contribution in [0.2, 0.25) is 0 Å². The van der Waals surface area contributed by atoms with E-state index in [2.05, 4.69) is 25.5 Å². The van der Waals surface area contributed by atoms with E-state index < -0.39 is 29.6 Å². The van der Waals surface area contributed by atoms with E-state index in [1.54, 1.807) is 18.4 Å². The highest BCUT2D eigenvalue weighted by atomic mass is 32.2. The van der Waals surface area contributed by atoms with Crippen LogP contribution < -0.4 is 5.32 Å². The lowest BCUT2D eigenvalue weighted by Gasteiger charge is -2.10. The summed E-state index contributed by atoms with van der Waals surface area (Å²) in [4.78, 5) is 21.4. The lowest BCUT2D eigenvalue weighted by molar-refractivity contribution is -0.117. The Morgan fingerprint density at radius 1 is 1.31 bits per heavy atom. The van der Waals surface area contributed by atoms with E-state index in [-0.39, 0.29) is 16.8 Å². The number of hydrogen-bond acceptors (Lipinski definition) is 6. The van der Waals surface area contributed by atoms with Gasteiger partial charge in [-0.3, -0.25) is 9.89 Å². The molecular weight excluding hydrogens is 423 g/mol. The van der Waals surface area contributed by atoms with Crippen molar-refractivity contribution in [1.29, 1.82) is 0 Å². The number of carbonyl (C=O) groups is 1. The SMILES string of the molecule is CSc1c(F)c(F)c2[nH]ncc2c1-c1ccc2nc(NC(=O)[C@@H]3C[C@@H]3F)sc2n1. The Kier molecular flexibility index (Phi) is 4.24. The zero-order chi connectivity index (χ0) is 20.3. The summed E-state index contributed by atoms with van der Waals surface area (Å²) in [6, 6.07) is 3.35. The number of aromatic nitrogens is 4. The molecule has 3 heterocycles. The van der Waals surface area contributed by atoms with Gasteiger partial charge < -0.3 is 5.32 Å². The van der Waals surface area contributed by atoms with Crippen molar-refractivity contribution in [2.45, 2.75) is 17.5 Å². The van der Waals surface area contributed by atoms with Crippen molar-refractivity contribution in [2.24, 2.45) is 5.92 Å². The quantitative estimate of drug-likeness (QED) is 0.460. The zero-order valence-electron chi connectivity index (χ0n) is 14.8. The second-order valence-corrected chi connectivity index (χ2v) is 8.38. The Bertz CT molecular complexity index is 1290. The number of hydrogen-bond donors (Lipinski definition) is 2. The van der Waals surface area contributed by atoms with Crippen molar-refractivity contribution in [3.8, 4) is 11.3 Å².